The van der Waals surface area contributed by atoms with E-state index in [1.165, 1.54) is 13.8 Å². The van der Waals surface area contributed by atoms with Crippen molar-refractivity contribution in [3.8, 4) is 0 Å². The smallest absolute Gasteiger partial charge is 0.303 e. The van der Waals surface area contributed by atoms with Crippen LogP contribution in [0.3, 0.4) is 0 Å². The third-order valence-electron chi connectivity index (χ3n) is 3.07. The van der Waals surface area contributed by atoms with Crippen molar-refractivity contribution in [1.29, 1.82) is 0 Å². The van der Waals surface area contributed by atoms with Crippen LogP contribution in [0.1, 0.15) is 41.5 Å². The Morgan fingerprint density at radius 3 is 2.15 bits per heavy atom. The fourth-order valence-electron chi connectivity index (χ4n) is 2.02. The van der Waals surface area contributed by atoms with Gasteiger partial charge in [0, 0.05) is 19.8 Å². The van der Waals surface area contributed by atoms with Crippen LogP contribution in [0.2, 0.25) is 0 Å². The number of hydrogen-bond acceptors (Lipinski definition) is 6. The molecule has 5 atom stereocenters. The van der Waals surface area contributed by atoms with Crippen molar-refractivity contribution in [1.82, 2.24) is 0 Å². The Hall–Kier alpha value is -1.14. The van der Waals surface area contributed by atoms with Gasteiger partial charge in [-0.2, -0.15) is 0 Å². The van der Waals surface area contributed by atoms with Crippen LogP contribution in [-0.2, 0) is 23.8 Å². The van der Waals surface area contributed by atoms with Gasteiger partial charge in [0.15, 0.2) is 6.10 Å². The van der Waals surface area contributed by atoms with Gasteiger partial charge in [-0.25, -0.2) is 0 Å². The summed E-state index contributed by atoms with van der Waals surface area (Å²) >= 11 is 0. The van der Waals surface area contributed by atoms with Crippen LogP contribution in [0.5, 0.6) is 0 Å². The molecular formula is C14H26O6. The number of aliphatic hydroxyl groups is 1. The number of esters is 2. The third kappa shape index (κ3) is 5.46. The van der Waals surface area contributed by atoms with Crippen LogP contribution in [0, 0.1) is 5.92 Å². The molecule has 6 heteroatoms. The number of carbonyl (C=O) groups excluding carboxylic acids is 2. The number of ether oxygens (including phenoxy) is 3. The summed E-state index contributed by atoms with van der Waals surface area (Å²) in [5.41, 5.74) is 0. The average molecular weight is 290 g/mol. The molecule has 0 saturated carbocycles. The monoisotopic (exact) mass is 290 g/mol. The first-order valence-electron chi connectivity index (χ1n) is 6.97. The van der Waals surface area contributed by atoms with E-state index in [9.17, 15) is 14.7 Å². The minimum absolute atomic E-state index is 0.0880. The molecule has 0 aliphatic carbocycles. The molecule has 1 heterocycles. The first kappa shape index (κ1) is 18.9. The Labute approximate surface area is 120 Å². The van der Waals surface area contributed by atoms with Crippen molar-refractivity contribution < 1.29 is 28.9 Å². The van der Waals surface area contributed by atoms with Gasteiger partial charge in [-0.1, -0.05) is 20.8 Å². The lowest BCUT2D eigenvalue weighted by Gasteiger charge is -2.41. The summed E-state index contributed by atoms with van der Waals surface area (Å²) in [5.74, 6) is -1.14. The molecule has 1 fully saturated rings. The highest BCUT2D eigenvalue weighted by molar-refractivity contribution is 5.66. The van der Waals surface area contributed by atoms with Gasteiger partial charge in [0.25, 0.3) is 0 Å². The summed E-state index contributed by atoms with van der Waals surface area (Å²) in [7, 11) is 0. The summed E-state index contributed by atoms with van der Waals surface area (Å²) in [5, 5.41) is 10.1. The molecule has 0 aromatic carbocycles. The van der Waals surface area contributed by atoms with Crippen molar-refractivity contribution in [2.45, 2.75) is 66.0 Å². The van der Waals surface area contributed by atoms with Gasteiger partial charge in [0.05, 0.1) is 18.3 Å². The van der Waals surface area contributed by atoms with Gasteiger partial charge in [0.2, 0.25) is 0 Å². The van der Waals surface area contributed by atoms with Gasteiger partial charge in [-0.05, 0) is 6.92 Å². The second-order valence-electron chi connectivity index (χ2n) is 4.61. The summed E-state index contributed by atoms with van der Waals surface area (Å²) in [6.45, 7) is 10.2. The third-order valence-corrected chi connectivity index (χ3v) is 3.07. The summed E-state index contributed by atoms with van der Waals surface area (Å²) in [6.07, 6.45) is -2.37. The molecule has 1 aliphatic rings. The highest BCUT2D eigenvalue weighted by Gasteiger charge is 2.43. The van der Waals surface area contributed by atoms with Gasteiger partial charge in [0.1, 0.15) is 6.61 Å². The molecule has 1 rings (SSSR count). The molecule has 118 valence electrons. The lowest BCUT2D eigenvalue weighted by atomic mass is 9.88. The standard InChI is InChI=1S/C12H20O6.C2H6/c1-6-10(5-16-8(3)13)17-7(2)12(11(6)15)18-9(4)14;1-2/h6-7,10-12,15H,5H2,1-4H3;1-2H3. The minimum Gasteiger partial charge on any atom is -0.463 e. The van der Waals surface area contributed by atoms with E-state index < -0.39 is 36.4 Å². The Kier molecular flexibility index (Phi) is 8.41. The zero-order valence-electron chi connectivity index (χ0n) is 13.1. The molecule has 20 heavy (non-hydrogen) atoms. The summed E-state index contributed by atoms with van der Waals surface area (Å²) in [6, 6.07) is 0. The molecule has 5 unspecified atom stereocenters. The van der Waals surface area contributed by atoms with E-state index in [4.69, 9.17) is 14.2 Å². The largest absolute Gasteiger partial charge is 0.463 e. The predicted molar refractivity (Wildman–Crippen MR) is 73.0 cm³/mol. The van der Waals surface area contributed by atoms with Gasteiger partial charge in [-0.15, -0.1) is 0 Å². The van der Waals surface area contributed by atoms with Crippen molar-refractivity contribution in [2.75, 3.05) is 6.61 Å². The highest BCUT2D eigenvalue weighted by atomic mass is 16.6. The molecule has 6 nitrogen and oxygen atoms in total. The Morgan fingerprint density at radius 1 is 1.15 bits per heavy atom. The molecule has 0 bridgehead atoms. The van der Waals surface area contributed by atoms with Gasteiger partial charge >= 0.3 is 11.9 Å². The number of aliphatic hydroxyl groups excluding tert-OH is 1. The van der Waals surface area contributed by atoms with Crippen LogP contribution in [0.25, 0.3) is 0 Å². The molecule has 1 saturated heterocycles. The normalized spacial score (nSPS) is 32.6. The number of rotatable bonds is 3. The van der Waals surface area contributed by atoms with E-state index >= 15 is 0 Å². The Morgan fingerprint density at radius 2 is 1.70 bits per heavy atom. The van der Waals surface area contributed by atoms with Gasteiger partial charge < -0.3 is 19.3 Å². The topological polar surface area (TPSA) is 82.1 Å². The van der Waals surface area contributed by atoms with E-state index in [2.05, 4.69) is 0 Å². The lowest BCUT2D eigenvalue weighted by Crippen LogP contribution is -2.55. The quantitative estimate of drug-likeness (QED) is 0.789. The maximum absolute atomic E-state index is 10.9. The fraction of sp³-hybridized carbons (Fsp3) is 0.857. The zero-order chi connectivity index (χ0) is 15.9. The Bertz CT molecular complexity index is 315. The second-order valence-corrected chi connectivity index (χ2v) is 4.61. The van der Waals surface area contributed by atoms with Gasteiger partial charge in [-0.3, -0.25) is 9.59 Å². The molecule has 1 N–H and O–H groups in total. The first-order chi connectivity index (χ1) is 9.32. The molecule has 0 amide bonds. The van der Waals surface area contributed by atoms with Crippen molar-refractivity contribution in [3.05, 3.63) is 0 Å². The molecule has 0 aromatic rings. The highest BCUT2D eigenvalue weighted by Crippen LogP contribution is 2.28. The van der Waals surface area contributed by atoms with Crippen LogP contribution < -0.4 is 0 Å². The first-order valence-corrected chi connectivity index (χ1v) is 6.97. The average Bonchev–Trinajstić information content (AvgIpc) is 2.39. The molecule has 0 radical (unpaired) electrons. The molecular weight excluding hydrogens is 264 g/mol. The van der Waals surface area contributed by atoms with Crippen molar-refractivity contribution in [2.24, 2.45) is 5.92 Å². The van der Waals surface area contributed by atoms with E-state index in [1.54, 1.807) is 13.8 Å². The molecule has 0 aromatic heterocycles. The zero-order valence-corrected chi connectivity index (χ0v) is 13.1. The van der Waals surface area contributed by atoms with Crippen LogP contribution in [-0.4, -0.2) is 48.1 Å². The van der Waals surface area contributed by atoms with Crippen LogP contribution in [0.15, 0.2) is 0 Å². The number of carbonyl (C=O) groups is 2. The van der Waals surface area contributed by atoms with E-state index in [0.29, 0.717) is 0 Å². The Balaban J connectivity index is 0.00000172. The molecule has 0 spiro atoms. The summed E-state index contributed by atoms with van der Waals surface area (Å²) < 4.78 is 15.5. The maximum Gasteiger partial charge on any atom is 0.303 e. The predicted octanol–water partition coefficient (Wildman–Crippen LogP) is 1.29. The minimum atomic E-state index is -0.835. The lowest BCUT2D eigenvalue weighted by molar-refractivity contribution is -0.217. The van der Waals surface area contributed by atoms with E-state index in [-0.39, 0.29) is 12.5 Å². The fourth-order valence-corrected chi connectivity index (χ4v) is 2.02. The molecule has 1 aliphatic heterocycles. The second kappa shape index (κ2) is 8.92. The van der Waals surface area contributed by atoms with E-state index in [0.717, 1.165) is 0 Å². The maximum atomic E-state index is 10.9. The SMILES string of the molecule is CC.CC(=O)OCC1OC(C)C(OC(C)=O)C(O)C1C. The van der Waals surface area contributed by atoms with E-state index in [1.807, 2.05) is 13.8 Å². The van der Waals surface area contributed by atoms with Crippen molar-refractivity contribution in [3.63, 3.8) is 0 Å². The summed E-state index contributed by atoms with van der Waals surface area (Å²) in [4.78, 5) is 21.7. The number of hydrogen-bond donors (Lipinski definition) is 1. The van der Waals surface area contributed by atoms with Crippen LogP contribution in [0.4, 0.5) is 0 Å². The van der Waals surface area contributed by atoms with Crippen molar-refractivity contribution >= 4 is 11.9 Å². The van der Waals surface area contributed by atoms with Crippen LogP contribution >= 0.6 is 0 Å².